The minimum Gasteiger partial charge on any atom is -0.468 e. The molecule has 3 aromatic rings. The van der Waals surface area contributed by atoms with Gasteiger partial charge in [0.1, 0.15) is 11.6 Å². The third-order valence-electron chi connectivity index (χ3n) is 4.11. The van der Waals surface area contributed by atoms with Crippen LogP contribution in [0, 0.1) is 12.7 Å². The lowest BCUT2D eigenvalue weighted by Crippen LogP contribution is -2.25. The minimum atomic E-state index is -3.81. The average molecular weight is 402 g/mol. The molecular formula is C20H19FN2O4S. The molecule has 3 rings (SSSR count). The third-order valence-corrected chi connectivity index (χ3v) is 5.51. The predicted molar refractivity (Wildman–Crippen MR) is 101 cm³/mol. The summed E-state index contributed by atoms with van der Waals surface area (Å²) in [5.41, 5.74) is 1.32. The first kappa shape index (κ1) is 19.8. The predicted octanol–water partition coefficient (Wildman–Crippen LogP) is 3.14. The highest BCUT2D eigenvalue weighted by Gasteiger charge is 2.16. The van der Waals surface area contributed by atoms with Gasteiger partial charge < -0.3 is 9.73 Å². The Morgan fingerprint density at radius 3 is 2.61 bits per heavy atom. The van der Waals surface area contributed by atoms with E-state index >= 15 is 0 Å². The first-order valence-electron chi connectivity index (χ1n) is 8.50. The van der Waals surface area contributed by atoms with Gasteiger partial charge in [0.2, 0.25) is 10.0 Å². The van der Waals surface area contributed by atoms with E-state index in [9.17, 15) is 17.6 Å². The first-order valence-corrected chi connectivity index (χ1v) is 9.99. The van der Waals surface area contributed by atoms with Crippen LogP contribution >= 0.6 is 0 Å². The Balaban J connectivity index is 1.67. The monoisotopic (exact) mass is 402 g/mol. The molecule has 2 N–H and O–H groups in total. The fraction of sp³-hybridized carbons (Fsp3) is 0.150. The number of hydrogen-bond acceptors (Lipinski definition) is 4. The molecule has 1 amide bonds. The van der Waals surface area contributed by atoms with Crippen molar-refractivity contribution in [3.63, 3.8) is 0 Å². The standard InChI is InChI=1S/C20H19FN2O4S/c1-14-7-8-15(10-19(14)21)12-22-20(24)16-4-2-6-18(11-16)28(25,26)23-13-17-5-3-9-27-17/h2-11,23H,12-13H2,1H3,(H,22,24). The van der Waals surface area contributed by atoms with E-state index in [0.29, 0.717) is 16.9 Å². The van der Waals surface area contributed by atoms with Gasteiger partial charge in [-0.3, -0.25) is 4.79 Å². The zero-order chi connectivity index (χ0) is 20.1. The molecule has 1 aromatic heterocycles. The van der Waals surface area contributed by atoms with Crippen LogP contribution < -0.4 is 10.0 Å². The lowest BCUT2D eigenvalue weighted by atomic mass is 10.1. The van der Waals surface area contributed by atoms with E-state index < -0.39 is 15.9 Å². The van der Waals surface area contributed by atoms with Crippen LogP contribution in [0.3, 0.4) is 0 Å². The smallest absolute Gasteiger partial charge is 0.251 e. The van der Waals surface area contributed by atoms with Gasteiger partial charge in [-0.25, -0.2) is 17.5 Å². The molecule has 8 heteroatoms. The van der Waals surface area contributed by atoms with E-state index in [0.717, 1.165) is 0 Å². The molecule has 0 fully saturated rings. The van der Waals surface area contributed by atoms with E-state index in [1.807, 2.05) is 0 Å². The molecule has 0 saturated heterocycles. The Morgan fingerprint density at radius 1 is 1.07 bits per heavy atom. The van der Waals surface area contributed by atoms with Crippen LogP contribution in [0.2, 0.25) is 0 Å². The Bertz CT molecular complexity index is 1080. The third kappa shape index (κ3) is 4.85. The van der Waals surface area contributed by atoms with Gasteiger partial charge in [-0.15, -0.1) is 0 Å². The van der Waals surface area contributed by atoms with Crippen LogP contribution in [0.25, 0.3) is 0 Å². The van der Waals surface area contributed by atoms with Gasteiger partial charge in [0.05, 0.1) is 17.7 Å². The van der Waals surface area contributed by atoms with Crippen LogP contribution in [0.4, 0.5) is 4.39 Å². The van der Waals surface area contributed by atoms with Crippen molar-refractivity contribution < 1.29 is 22.0 Å². The molecule has 6 nitrogen and oxygen atoms in total. The number of furan rings is 1. The fourth-order valence-corrected chi connectivity index (χ4v) is 3.54. The number of halogens is 1. The molecule has 146 valence electrons. The summed E-state index contributed by atoms with van der Waals surface area (Å²) in [7, 11) is -3.81. The molecule has 0 radical (unpaired) electrons. The summed E-state index contributed by atoms with van der Waals surface area (Å²) in [5, 5.41) is 2.66. The number of amides is 1. The number of hydrogen-bond donors (Lipinski definition) is 2. The molecule has 0 unspecified atom stereocenters. The lowest BCUT2D eigenvalue weighted by Gasteiger charge is -2.09. The molecule has 0 aliphatic carbocycles. The molecular weight excluding hydrogens is 383 g/mol. The SMILES string of the molecule is Cc1ccc(CNC(=O)c2cccc(S(=O)(=O)NCc3ccco3)c2)cc1F. The van der Waals surface area contributed by atoms with Crippen molar-refractivity contribution in [3.05, 3.63) is 89.1 Å². The van der Waals surface area contributed by atoms with Crippen molar-refractivity contribution in [1.82, 2.24) is 10.0 Å². The molecule has 0 aliphatic heterocycles. The van der Waals surface area contributed by atoms with Gasteiger partial charge in [-0.1, -0.05) is 18.2 Å². The highest BCUT2D eigenvalue weighted by atomic mass is 32.2. The van der Waals surface area contributed by atoms with Gasteiger partial charge in [-0.05, 0) is 54.4 Å². The van der Waals surface area contributed by atoms with Crippen LogP contribution in [-0.2, 0) is 23.1 Å². The second kappa shape index (κ2) is 8.37. The van der Waals surface area contributed by atoms with Crippen LogP contribution in [0.5, 0.6) is 0 Å². The summed E-state index contributed by atoms with van der Waals surface area (Å²) in [4.78, 5) is 12.3. The lowest BCUT2D eigenvalue weighted by molar-refractivity contribution is 0.0950. The maximum absolute atomic E-state index is 13.6. The Hall–Kier alpha value is -2.97. The molecule has 0 atom stereocenters. The van der Waals surface area contributed by atoms with Gasteiger partial charge in [-0.2, -0.15) is 0 Å². The first-order chi connectivity index (χ1) is 13.3. The van der Waals surface area contributed by atoms with Gasteiger partial charge in [0, 0.05) is 12.1 Å². The van der Waals surface area contributed by atoms with Crippen molar-refractivity contribution in [2.45, 2.75) is 24.9 Å². The molecule has 0 aliphatic rings. The number of rotatable bonds is 7. The average Bonchev–Trinajstić information content (AvgIpc) is 3.21. The number of nitrogens with one attached hydrogen (secondary N) is 2. The summed E-state index contributed by atoms with van der Waals surface area (Å²) < 4.78 is 46.0. The topological polar surface area (TPSA) is 88.4 Å². The normalized spacial score (nSPS) is 11.4. The van der Waals surface area contributed by atoms with Crippen molar-refractivity contribution in [1.29, 1.82) is 0 Å². The van der Waals surface area contributed by atoms with Crippen molar-refractivity contribution in [2.75, 3.05) is 0 Å². The molecule has 2 aromatic carbocycles. The Morgan fingerprint density at radius 2 is 1.89 bits per heavy atom. The van der Waals surface area contributed by atoms with E-state index in [2.05, 4.69) is 10.0 Å². The molecule has 0 bridgehead atoms. The minimum absolute atomic E-state index is 0.00471. The molecule has 1 heterocycles. The van der Waals surface area contributed by atoms with E-state index in [-0.39, 0.29) is 29.4 Å². The summed E-state index contributed by atoms with van der Waals surface area (Å²) in [5.74, 6) is -0.325. The van der Waals surface area contributed by atoms with Crippen molar-refractivity contribution in [2.24, 2.45) is 0 Å². The summed E-state index contributed by atoms with van der Waals surface area (Å²) >= 11 is 0. The largest absolute Gasteiger partial charge is 0.468 e. The number of carbonyl (C=O) groups is 1. The van der Waals surface area contributed by atoms with Gasteiger partial charge in [0.25, 0.3) is 5.91 Å². The van der Waals surface area contributed by atoms with E-state index in [1.165, 1.54) is 36.6 Å². The number of aryl methyl sites for hydroxylation is 1. The van der Waals surface area contributed by atoms with E-state index in [1.54, 1.807) is 31.2 Å². The summed E-state index contributed by atoms with van der Waals surface area (Å²) in [6.07, 6.45) is 1.45. The number of carbonyl (C=O) groups excluding carboxylic acids is 1. The van der Waals surface area contributed by atoms with Crippen LogP contribution in [-0.4, -0.2) is 14.3 Å². The molecule has 0 saturated carbocycles. The van der Waals surface area contributed by atoms with Crippen molar-refractivity contribution in [3.8, 4) is 0 Å². The Kier molecular flexibility index (Phi) is 5.91. The summed E-state index contributed by atoms with van der Waals surface area (Å²) in [6, 6.07) is 13.7. The van der Waals surface area contributed by atoms with E-state index in [4.69, 9.17) is 4.42 Å². The highest BCUT2D eigenvalue weighted by molar-refractivity contribution is 7.89. The Labute approximate surface area is 162 Å². The maximum atomic E-state index is 13.6. The highest BCUT2D eigenvalue weighted by Crippen LogP contribution is 2.13. The summed E-state index contributed by atoms with van der Waals surface area (Å²) in [6.45, 7) is 1.79. The second-order valence-corrected chi connectivity index (χ2v) is 7.96. The molecule has 0 spiro atoms. The van der Waals surface area contributed by atoms with Crippen LogP contribution in [0.1, 0.15) is 27.2 Å². The zero-order valence-corrected chi connectivity index (χ0v) is 15.9. The maximum Gasteiger partial charge on any atom is 0.251 e. The second-order valence-electron chi connectivity index (χ2n) is 6.20. The van der Waals surface area contributed by atoms with Gasteiger partial charge in [0.15, 0.2) is 0 Å². The zero-order valence-electron chi connectivity index (χ0n) is 15.1. The molecule has 28 heavy (non-hydrogen) atoms. The fourth-order valence-electron chi connectivity index (χ4n) is 2.50. The van der Waals surface area contributed by atoms with Gasteiger partial charge >= 0.3 is 0 Å². The van der Waals surface area contributed by atoms with Crippen molar-refractivity contribution >= 4 is 15.9 Å². The quantitative estimate of drug-likeness (QED) is 0.636. The van der Waals surface area contributed by atoms with Crippen LogP contribution in [0.15, 0.2) is 70.2 Å². The number of sulfonamides is 1. The number of benzene rings is 2.